The molecule has 1 aliphatic rings. The molecule has 0 aromatic rings. The van der Waals surface area contributed by atoms with E-state index < -0.39 is 0 Å². The monoisotopic (exact) mass is 201 g/mol. The molecule has 3 N–H and O–H groups in total. The van der Waals surface area contributed by atoms with Crippen molar-refractivity contribution in [3.63, 3.8) is 0 Å². The van der Waals surface area contributed by atoms with E-state index in [0.717, 1.165) is 6.42 Å². The van der Waals surface area contributed by atoms with Crippen molar-refractivity contribution in [2.24, 2.45) is 10.9 Å². The SMILES string of the molecule is COC1CCN(C(=O)CC(N)=NO)C1. The van der Waals surface area contributed by atoms with E-state index in [-0.39, 0.29) is 24.3 Å². The van der Waals surface area contributed by atoms with Crippen molar-refractivity contribution in [2.45, 2.75) is 18.9 Å². The molecule has 0 aliphatic carbocycles. The summed E-state index contributed by atoms with van der Waals surface area (Å²) in [4.78, 5) is 13.1. The van der Waals surface area contributed by atoms with E-state index >= 15 is 0 Å². The molecule has 0 aromatic carbocycles. The maximum atomic E-state index is 11.5. The standard InChI is InChI=1S/C8H15N3O3/c1-14-6-2-3-11(5-6)8(12)4-7(9)10-13/h6,13H,2-5H2,1H3,(H2,9,10). The fraction of sp³-hybridized carbons (Fsp3) is 0.750. The molecule has 0 radical (unpaired) electrons. The smallest absolute Gasteiger partial charge is 0.230 e. The lowest BCUT2D eigenvalue weighted by molar-refractivity contribution is -0.129. The highest BCUT2D eigenvalue weighted by atomic mass is 16.5. The molecule has 6 heteroatoms. The van der Waals surface area contributed by atoms with Gasteiger partial charge in [0.15, 0.2) is 0 Å². The van der Waals surface area contributed by atoms with Crippen LogP contribution in [0.1, 0.15) is 12.8 Å². The number of hydrogen-bond donors (Lipinski definition) is 2. The van der Waals surface area contributed by atoms with Gasteiger partial charge >= 0.3 is 0 Å². The fourth-order valence-electron chi connectivity index (χ4n) is 1.45. The van der Waals surface area contributed by atoms with Crippen LogP contribution >= 0.6 is 0 Å². The molecule has 6 nitrogen and oxygen atoms in total. The first-order valence-corrected chi connectivity index (χ1v) is 4.44. The van der Waals surface area contributed by atoms with Crippen molar-refractivity contribution in [1.82, 2.24) is 4.90 Å². The summed E-state index contributed by atoms with van der Waals surface area (Å²) in [5, 5.41) is 11.0. The van der Waals surface area contributed by atoms with Gasteiger partial charge in [-0.05, 0) is 6.42 Å². The van der Waals surface area contributed by atoms with Crippen molar-refractivity contribution in [1.29, 1.82) is 0 Å². The summed E-state index contributed by atoms with van der Waals surface area (Å²) in [7, 11) is 1.63. The number of carbonyl (C=O) groups is 1. The van der Waals surface area contributed by atoms with Crippen molar-refractivity contribution in [3.8, 4) is 0 Å². The molecule has 1 saturated heterocycles. The minimum absolute atomic E-state index is 0.0348. The number of oxime groups is 1. The van der Waals surface area contributed by atoms with E-state index in [9.17, 15) is 4.79 Å². The third-order valence-electron chi connectivity index (χ3n) is 2.29. The second-order valence-electron chi connectivity index (χ2n) is 3.25. The topological polar surface area (TPSA) is 88.2 Å². The molecule has 1 rings (SSSR count). The van der Waals surface area contributed by atoms with E-state index in [1.807, 2.05) is 0 Å². The number of nitrogens with two attached hydrogens (primary N) is 1. The lowest BCUT2D eigenvalue weighted by Gasteiger charge is -2.15. The van der Waals surface area contributed by atoms with Crippen LogP contribution in [0, 0.1) is 0 Å². The zero-order valence-corrected chi connectivity index (χ0v) is 8.14. The molecule has 1 atom stereocenters. The van der Waals surface area contributed by atoms with Gasteiger partial charge in [0.1, 0.15) is 5.84 Å². The Bertz CT molecular complexity index is 242. The van der Waals surface area contributed by atoms with E-state index in [0.29, 0.717) is 13.1 Å². The number of hydrogen-bond acceptors (Lipinski definition) is 4. The number of methoxy groups -OCH3 is 1. The first-order chi connectivity index (χ1) is 6.67. The molecule has 1 amide bonds. The predicted molar refractivity (Wildman–Crippen MR) is 50.0 cm³/mol. The molecule has 14 heavy (non-hydrogen) atoms. The van der Waals surface area contributed by atoms with Gasteiger partial charge in [0.25, 0.3) is 0 Å². The Morgan fingerprint density at radius 1 is 1.79 bits per heavy atom. The van der Waals surface area contributed by atoms with E-state index in [2.05, 4.69) is 5.16 Å². The van der Waals surface area contributed by atoms with Gasteiger partial charge in [0.2, 0.25) is 5.91 Å². The van der Waals surface area contributed by atoms with Gasteiger partial charge in [-0.3, -0.25) is 4.79 Å². The van der Waals surface area contributed by atoms with Crippen molar-refractivity contribution in [2.75, 3.05) is 20.2 Å². The van der Waals surface area contributed by atoms with Crippen molar-refractivity contribution in [3.05, 3.63) is 0 Å². The number of rotatable bonds is 3. The highest BCUT2D eigenvalue weighted by Gasteiger charge is 2.26. The Morgan fingerprint density at radius 3 is 3.00 bits per heavy atom. The molecule has 0 spiro atoms. The number of likely N-dealkylation sites (tertiary alicyclic amines) is 1. The van der Waals surface area contributed by atoms with Gasteiger partial charge in [0, 0.05) is 20.2 Å². The van der Waals surface area contributed by atoms with Gasteiger partial charge in [-0.25, -0.2) is 0 Å². The van der Waals surface area contributed by atoms with Crippen LogP contribution in [0.5, 0.6) is 0 Å². The Morgan fingerprint density at radius 2 is 2.50 bits per heavy atom. The lowest BCUT2D eigenvalue weighted by Crippen LogP contribution is -2.33. The highest BCUT2D eigenvalue weighted by Crippen LogP contribution is 2.12. The number of amidine groups is 1. The molecule has 80 valence electrons. The molecule has 1 fully saturated rings. The summed E-state index contributed by atoms with van der Waals surface area (Å²) in [5.74, 6) is -0.185. The summed E-state index contributed by atoms with van der Waals surface area (Å²) in [5.41, 5.74) is 5.23. The van der Waals surface area contributed by atoms with Gasteiger partial charge in [-0.1, -0.05) is 5.16 Å². The summed E-state index contributed by atoms with van der Waals surface area (Å²) < 4.78 is 5.12. The number of amides is 1. The lowest BCUT2D eigenvalue weighted by atomic mass is 10.3. The van der Waals surface area contributed by atoms with Crippen molar-refractivity contribution < 1.29 is 14.7 Å². The van der Waals surface area contributed by atoms with Crippen LogP contribution in [0.2, 0.25) is 0 Å². The fourth-order valence-corrected chi connectivity index (χ4v) is 1.45. The molecule has 1 unspecified atom stereocenters. The minimum Gasteiger partial charge on any atom is -0.409 e. The zero-order valence-electron chi connectivity index (χ0n) is 8.14. The Labute approximate surface area is 82.3 Å². The highest BCUT2D eigenvalue weighted by molar-refractivity contribution is 5.98. The normalized spacial score (nSPS) is 22.8. The third kappa shape index (κ3) is 2.59. The van der Waals surface area contributed by atoms with Crippen LogP contribution in [0.15, 0.2) is 5.16 Å². The van der Waals surface area contributed by atoms with Gasteiger partial charge in [-0.2, -0.15) is 0 Å². The number of ether oxygens (including phenoxy) is 1. The van der Waals surface area contributed by atoms with E-state index in [1.165, 1.54) is 0 Å². The second-order valence-corrected chi connectivity index (χ2v) is 3.25. The molecule has 0 saturated carbocycles. The van der Waals surface area contributed by atoms with Crippen LogP contribution < -0.4 is 5.73 Å². The number of carbonyl (C=O) groups excluding carboxylic acids is 1. The second kappa shape index (κ2) is 4.80. The maximum Gasteiger partial charge on any atom is 0.230 e. The quantitative estimate of drug-likeness (QED) is 0.275. The molecule has 0 bridgehead atoms. The van der Waals surface area contributed by atoms with Crippen LogP contribution in [0.4, 0.5) is 0 Å². The van der Waals surface area contributed by atoms with Crippen molar-refractivity contribution >= 4 is 11.7 Å². The van der Waals surface area contributed by atoms with Crippen LogP contribution in [0.3, 0.4) is 0 Å². The largest absolute Gasteiger partial charge is 0.409 e. The molecular formula is C8H15N3O3. The average Bonchev–Trinajstić information content (AvgIpc) is 2.65. The zero-order chi connectivity index (χ0) is 10.6. The third-order valence-corrected chi connectivity index (χ3v) is 2.29. The first-order valence-electron chi connectivity index (χ1n) is 4.44. The van der Waals surface area contributed by atoms with Gasteiger partial charge < -0.3 is 20.6 Å². The first kappa shape index (κ1) is 10.8. The van der Waals surface area contributed by atoms with Crippen LogP contribution in [0.25, 0.3) is 0 Å². The summed E-state index contributed by atoms with van der Waals surface area (Å²) in [6, 6.07) is 0. The summed E-state index contributed by atoms with van der Waals surface area (Å²) in [6.45, 7) is 1.27. The van der Waals surface area contributed by atoms with E-state index in [1.54, 1.807) is 12.0 Å². The Hall–Kier alpha value is -1.30. The molecule has 1 aliphatic heterocycles. The Balaban J connectivity index is 2.39. The molecular weight excluding hydrogens is 186 g/mol. The molecule has 0 aromatic heterocycles. The minimum atomic E-state index is -0.125. The van der Waals surface area contributed by atoms with E-state index in [4.69, 9.17) is 15.7 Å². The molecule has 1 heterocycles. The Kier molecular flexibility index (Phi) is 3.70. The van der Waals surface area contributed by atoms with Gasteiger partial charge in [-0.15, -0.1) is 0 Å². The van der Waals surface area contributed by atoms with Crippen LogP contribution in [-0.4, -0.2) is 48.2 Å². The predicted octanol–water partition coefficient (Wildman–Crippen LogP) is -0.630. The summed E-state index contributed by atoms with van der Waals surface area (Å²) in [6.07, 6.45) is 0.928. The average molecular weight is 201 g/mol. The van der Waals surface area contributed by atoms with Gasteiger partial charge in [0.05, 0.1) is 12.5 Å². The number of nitrogens with zero attached hydrogens (tertiary/aromatic N) is 2. The van der Waals surface area contributed by atoms with Crippen LogP contribution in [-0.2, 0) is 9.53 Å². The maximum absolute atomic E-state index is 11.5. The summed E-state index contributed by atoms with van der Waals surface area (Å²) >= 11 is 0.